The Balaban J connectivity index is 1.38. The molecule has 0 aliphatic carbocycles. The molecular formula is C20H25N3O4. The Morgan fingerprint density at radius 3 is 2.37 bits per heavy atom. The number of aliphatic carboxylic acids is 1. The number of nitrogens with zero attached hydrogens (tertiary/aromatic N) is 1. The molecular weight excluding hydrogens is 346 g/mol. The minimum absolute atomic E-state index is 0.150. The van der Waals surface area contributed by atoms with Gasteiger partial charge in [-0.3, -0.25) is 24.6 Å². The molecule has 0 aromatic heterocycles. The lowest BCUT2D eigenvalue weighted by molar-refractivity contribution is -0.139. The third kappa shape index (κ3) is 3.83. The van der Waals surface area contributed by atoms with Crippen LogP contribution in [0.5, 0.6) is 0 Å². The van der Waals surface area contributed by atoms with Crippen molar-refractivity contribution in [1.29, 1.82) is 0 Å². The number of hydrogen-bond acceptors (Lipinski definition) is 5. The molecule has 3 fully saturated rings. The molecule has 3 saturated heterocycles. The standard InChI is InChI=1S/C20H25N3O4/c24-18-8-7-17(20(27)22-18)21-14-3-1-12(2-4-14)13-9-15-5-6-16(10-13)23(15)11-19(25)26/h1-4,13,15-17,21H,5-11H2,(H,25,26)(H,22,24,27). The summed E-state index contributed by atoms with van der Waals surface area (Å²) in [6.07, 6.45) is 5.05. The van der Waals surface area contributed by atoms with Crippen molar-refractivity contribution in [2.75, 3.05) is 11.9 Å². The lowest BCUT2D eigenvalue weighted by Gasteiger charge is -2.38. The van der Waals surface area contributed by atoms with E-state index in [0.29, 0.717) is 30.8 Å². The van der Waals surface area contributed by atoms with Crippen molar-refractivity contribution >= 4 is 23.5 Å². The van der Waals surface area contributed by atoms with Gasteiger partial charge in [-0.1, -0.05) is 12.1 Å². The SMILES string of the molecule is O=C(O)CN1C2CCC1CC(c1ccc(NC3CCC(=O)NC3=O)cc1)C2. The fourth-order valence-corrected chi connectivity index (χ4v) is 4.84. The summed E-state index contributed by atoms with van der Waals surface area (Å²) in [6, 6.07) is 8.55. The molecule has 3 aliphatic heterocycles. The zero-order chi connectivity index (χ0) is 19.0. The van der Waals surface area contributed by atoms with Gasteiger partial charge < -0.3 is 10.4 Å². The van der Waals surface area contributed by atoms with E-state index in [0.717, 1.165) is 31.4 Å². The molecule has 0 saturated carbocycles. The lowest BCUT2D eigenvalue weighted by Crippen LogP contribution is -2.47. The molecule has 3 atom stereocenters. The number of carbonyl (C=O) groups excluding carboxylic acids is 2. The van der Waals surface area contributed by atoms with Crippen LogP contribution in [0.2, 0.25) is 0 Å². The molecule has 7 nitrogen and oxygen atoms in total. The van der Waals surface area contributed by atoms with Crippen LogP contribution < -0.4 is 10.6 Å². The van der Waals surface area contributed by atoms with Crippen molar-refractivity contribution in [2.24, 2.45) is 0 Å². The lowest BCUT2D eigenvalue weighted by atomic mass is 9.85. The fraction of sp³-hybridized carbons (Fsp3) is 0.550. The maximum Gasteiger partial charge on any atom is 0.317 e. The van der Waals surface area contributed by atoms with E-state index < -0.39 is 5.97 Å². The normalized spacial score (nSPS) is 30.8. The van der Waals surface area contributed by atoms with Crippen LogP contribution in [0.1, 0.15) is 50.0 Å². The van der Waals surface area contributed by atoms with E-state index in [4.69, 9.17) is 5.11 Å². The second-order valence-electron chi connectivity index (χ2n) is 7.89. The highest BCUT2D eigenvalue weighted by Gasteiger charge is 2.41. The maximum atomic E-state index is 11.9. The van der Waals surface area contributed by atoms with Crippen LogP contribution in [-0.4, -0.2) is 52.5 Å². The molecule has 3 N–H and O–H groups in total. The van der Waals surface area contributed by atoms with Crippen molar-refractivity contribution in [1.82, 2.24) is 10.2 Å². The van der Waals surface area contributed by atoms with Crippen molar-refractivity contribution in [2.45, 2.75) is 62.6 Å². The summed E-state index contributed by atoms with van der Waals surface area (Å²) >= 11 is 0. The van der Waals surface area contributed by atoms with Gasteiger partial charge in [-0.25, -0.2) is 0 Å². The number of nitrogens with one attached hydrogen (secondary N) is 2. The third-order valence-corrected chi connectivity index (χ3v) is 6.16. The van der Waals surface area contributed by atoms with Gasteiger partial charge in [0, 0.05) is 24.2 Å². The first-order chi connectivity index (χ1) is 13.0. The van der Waals surface area contributed by atoms with Crippen LogP contribution in [0.3, 0.4) is 0 Å². The molecule has 7 heteroatoms. The van der Waals surface area contributed by atoms with Gasteiger partial charge in [0.25, 0.3) is 0 Å². The second-order valence-corrected chi connectivity index (χ2v) is 7.89. The summed E-state index contributed by atoms with van der Waals surface area (Å²) in [5.74, 6) is -0.763. The first kappa shape index (κ1) is 18.0. The topological polar surface area (TPSA) is 98.7 Å². The summed E-state index contributed by atoms with van der Waals surface area (Å²) in [7, 11) is 0. The molecule has 2 amide bonds. The number of carboxylic acid groups (broad SMARTS) is 1. The molecule has 4 rings (SSSR count). The first-order valence-corrected chi connectivity index (χ1v) is 9.67. The van der Waals surface area contributed by atoms with Crippen molar-refractivity contribution in [3.8, 4) is 0 Å². The third-order valence-electron chi connectivity index (χ3n) is 6.16. The summed E-state index contributed by atoms with van der Waals surface area (Å²) < 4.78 is 0. The number of fused-ring (bicyclic) bond motifs is 2. The zero-order valence-electron chi connectivity index (χ0n) is 15.2. The molecule has 3 unspecified atom stereocenters. The summed E-state index contributed by atoms with van der Waals surface area (Å²) in [4.78, 5) is 36.4. The average molecular weight is 371 g/mol. The van der Waals surface area contributed by atoms with Gasteiger partial charge in [0.05, 0.1) is 6.54 Å². The highest BCUT2D eigenvalue weighted by Crippen LogP contribution is 2.43. The molecule has 1 aromatic rings. The number of rotatable bonds is 5. The van der Waals surface area contributed by atoms with Gasteiger partial charge in [0.15, 0.2) is 0 Å². The van der Waals surface area contributed by atoms with Crippen LogP contribution in [0.25, 0.3) is 0 Å². The van der Waals surface area contributed by atoms with E-state index in [1.165, 1.54) is 5.56 Å². The number of piperidine rings is 2. The minimum Gasteiger partial charge on any atom is -0.480 e. The zero-order valence-corrected chi connectivity index (χ0v) is 15.2. The molecule has 27 heavy (non-hydrogen) atoms. The quantitative estimate of drug-likeness (QED) is 0.682. The molecule has 0 spiro atoms. The summed E-state index contributed by atoms with van der Waals surface area (Å²) in [6.45, 7) is 0.150. The summed E-state index contributed by atoms with van der Waals surface area (Å²) in [5.41, 5.74) is 2.15. The van der Waals surface area contributed by atoms with Crippen molar-refractivity contribution < 1.29 is 19.5 Å². The van der Waals surface area contributed by atoms with E-state index in [-0.39, 0.29) is 24.4 Å². The molecule has 144 valence electrons. The highest BCUT2D eigenvalue weighted by atomic mass is 16.4. The Kier molecular flexibility index (Phi) is 4.86. The van der Waals surface area contributed by atoms with Crippen LogP contribution in [-0.2, 0) is 14.4 Å². The van der Waals surface area contributed by atoms with E-state index in [1.54, 1.807) is 0 Å². The van der Waals surface area contributed by atoms with Crippen LogP contribution in [0, 0.1) is 0 Å². The molecule has 2 bridgehead atoms. The second kappa shape index (κ2) is 7.31. The Morgan fingerprint density at radius 2 is 1.78 bits per heavy atom. The van der Waals surface area contributed by atoms with Gasteiger partial charge in [0.2, 0.25) is 11.8 Å². The fourth-order valence-electron chi connectivity index (χ4n) is 4.84. The smallest absolute Gasteiger partial charge is 0.317 e. The van der Waals surface area contributed by atoms with E-state index in [9.17, 15) is 14.4 Å². The van der Waals surface area contributed by atoms with Crippen LogP contribution in [0.15, 0.2) is 24.3 Å². The average Bonchev–Trinajstić information content (AvgIpc) is 2.86. The van der Waals surface area contributed by atoms with Crippen LogP contribution >= 0.6 is 0 Å². The Bertz CT molecular complexity index is 734. The van der Waals surface area contributed by atoms with Crippen LogP contribution in [0.4, 0.5) is 5.69 Å². The minimum atomic E-state index is -0.741. The Hall–Kier alpha value is -2.41. The van der Waals surface area contributed by atoms with E-state index >= 15 is 0 Å². The molecule has 3 heterocycles. The predicted octanol–water partition coefficient (Wildman–Crippen LogP) is 1.70. The number of carbonyl (C=O) groups is 3. The molecule has 0 radical (unpaired) electrons. The summed E-state index contributed by atoms with van der Waals surface area (Å²) in [5, 5.41) is 14.7. The predicted molar refractivity (Wildman–Crippen MR) is 99.4 cm³/mol. The number of imide groups is 1. The Labute approximate surface area is 158 Å². The first-order valence-electron chi connectivity index (χ1n) is 9.67. The number of anilines is 1. The number of benzene rings is 1. The highest BCUT2D eigenvalue weighted by molar-refractivity contribution is 6.01. The van der Waals surface area contributed by atoms with Gasteiger partial charge in [-0.2, -0.15) is 0 Å². The largest absolute Gasteiger partial charge is 0.480 e. The number of carboxylic acids is 1. The Morgan fingerprint density at radius 1 is 1.11 bits per heavy atom. The monoisotopic (exact) mass is 371 g/mol. The van der Waals surface area contributed by atoms with E-state index in [1.807, 2.05) is 12.1 Å². The maximum absolute atomic E-state index is 11.9. The molecule has 3 aliphatic rings. The number of amides is 2. The van der Waals surface area contributed by atoms with Gasteiger partial charge in [-0.15, -0.1) is 0 Å². The van der Waals surface area contributed by atoms with Crippen molar-refractivity contribution in [3.63, 3.8) is 0 Å². The van der Waals surface area contributed by atoms with Crippen molar-refractivity contribution in [3.05, 3.63) is 29.8 Å². The van der Waals surface area contributed by atoms with Gasteiger partial charge in [-0.05, 0) is 55.7 Å². The van der Waals surface area contributed by atoms with E-state index in [2.05, 4.69) is 27.7 Å². The molecule has 1 aromatic carbocycles. The number of hydrogen-bond donors (Lipinski definition) is 3. The van der Waals surface area contributed by atoms with Gasteiger partial charge >= 0.3 is 5.97 Å². The van der Waals surface area contributed by atoms with Gasteiger partial charge in [0.1, 0.15) is 6.04 Å².